The molecule has 0 spiro atoms. The molecule has 0 bridgehead atoms. The summed E-state index contributed by atoms with van der Waals surface area (Å²) in [6.07, 6.45) is 6.35. The van der Waals surface area contributed by atoms with E-state index in [1.807, 2.05) is 0 Å². The van der Waals surface area contributed by atoms with Crippen LogP contribution in [0.15, 0.2) is 24.3 Å². The van der Waals surface area contributed by atoms with E-state index >= 15 is 0 Å². The van der Waals surface area contributed by atoms with Crippen LogP contribution in [-0.4, -0.2) is 18.6 Å². The SMILES string of the molecule is CC1CC(CN)(N2CCCCc3ccccc32)C1. The summed E-state index contributed by atoms with van der Waals surface area (Å²) in [5, 5.41) is 0. The van der Waals surface area contributed by atoms with Crippen molar-refractivity contribution < 1.29 is 0 Å². The van der Waals surface area contributed by atoms with Crippen LogP contribution < -0.4 is 10.6 Å². The Labute approximate surface area is 110 Å². The van der Waals surface area contributed by atoms with E-state index in [4.69, 9.17) is 5.73 Å². The lowest BCUT2D eigenvalue weighted by molar-refractivity contribution is 0.157. The van der Waals surface area contributed by atoms with E-state index in [0.29, 0.717) is 0 Å². The monoisotopic (exact) mass is 244 g/mol. The summed E-state index contributed by atoms with van der Waals surface area (Å²) in [4.78, 5) is 2.63. The van der Waals surface area contributed by atoms with E-state index in [0.717, 1.165) is 12.5 Å². The highest BCUT2D eigenvalue weighted by Crippen LogP contribution is 2.45. The van der Waals surface area contributed by atoms with Gasteiger partial charge in [-0.3, -0.25) is 0 Å². The fourth-order valence-electron chi connectivity index (χ4n) is 3.92. The maximum Gasteiger partial charge on any atom is 0.0529 e. The fourth-order valence-corrected chi connectivity index (χ4v) is 3.92. The first kappa shape index (κ1) is 12.0. The number of benzene rings is 1. The average molecular weight is 244 g/mol. The number of anilines is 1. The Morgan fingerprint density at radius 1 is 1.28 bits per heavy atom. The van der Waals surface area contributed by atoms with Crippen molar-refractivity contribution in [1.29, 1.82) is 0 Å². The molecular formula is C16H24N2. The number of hydrogen-bond acceptors (Lipinski definition) is 2. The van der Waals surface area contributed by atoms with Crippen LogP contribution in [0, 0.1) is 5.92 Å². The molecule has 1 heterocycles. The number of rotatable bonds is 2. The third kappa shape index (κ3) is 1.83. The zero-order valence-electron chi connectivity index (χ0n) is 11.4. The summed E-state index contributed by atoms with van der Waals surface area (Å²) in [5.74, 6) is 0.837. The summed E-state index contributed by atoms with van der Waals surface area (Å²) < 4.78 is 0. The minimum atomic E-state index is 0.250. The summed E-state index contributed by atoms with van der Waals surface area (Å²) in [6, 6.07) is 8.92. The molecule has 1 fully saturated rings. The van der Waals surface area contributed by atoms with Crippen LogP contribution in [0.2, 0.25) is 0 Å². The van der Waals surface area contributed by atoms with Crippen LogP contribution in [0.1, 0.15) is 38.2 Å². The second-order valence-electron chi connectivity index (χ2n) is 6.18. The van der Waals surface area contributed by atoms with Crippen molar-refractivity contribution in [3.8, 4) is 0 Å². The van der Waals surface area contributed by atoms with Gasteiger partial charge in [0, 0.05) is 18.8 Å². The van der Waals surface area contributed by atoms with Gasteiger partial charge in [0.05, 0.1) is 5.54 Å². The normalized spacial score (nSPS) is 31.4. The lowest BCUT2D eigenvalue weighted by atomic mass is 9.67. The van der Waals surface area contributed by atoms with E-state index < -0.39 is 0 Å². The van der Waals surface area contributed by atoms with E-state index in [2.05, 4.69) is 36.1 Å². The standard InChI is InChI=1S/C16H24N2/c1-13-10-16(11-13,12-17)18-9-5-4-7-14-6-2-3-8-15(14)18/h2-3,6,8,13H,4-5,7,9-12,17H2,1H3. The first-order valence-electron chi connectivity index (χ1n) is 7.31. The van der Waals surface area contributed by atoms with Crippen molar-refractivity contribution in [2.45, 2.75) is 44.6 Å². The second-order valence-corrected chi connectivity index (χ2v) is 6.18. The number of aryl methyl sites for hydroxylation is 1. The molecule has 0 radical (unpaired) electrons. The molecule has 0 amide bonds. The number of hydrogen-bond donors (Lipinski definition) is 1. The molecule has 3 rings (SSSR count). The van der Waals surface area contributed by atoms with Crippen LogP contribution in [-0.2, 0) is 6.42 Å². The van der Waals surface area contributed by atoms with Gasteiger partial charge >= 0.3 is 0 Å². The average Bonchev–Trinajstić information content (AvgIpc) is 2.57. The molecule has 0 saturated heterocycles. The molecule has 1 aliphatic heterocycles. The third-order valence-electron chi connectivity index (χ3n) is 4.77. The van der Waals surface area contributed by atoms with Gasteiger partial charge in [-0.25, -0.2) is 0 Å². The molecule has 2 nitrogen and oxygen atoms in total. The van der Waals surface area contributed by atoms with Crippen LogP contribution >= 0.6 is 0 Å². The Kier molecular flexibility index (Phi) is 3.06. The van der Waals surface area contributed by atoms with Crippen LogP contribution in [0.5, 0.6) is 0 Å². The molecule has 2 heteroatoms. The first-order valence-corrected chi connectivity index (χ1v) is 7.31. The first-order chi connectivity index (χ1) is 8.75. The summed E-state index contributed by atoms with van der Waals surface area (Å²) in [6.45, 7) is 4.32. The topological polar surface area (TPSA) is 29.3 Å². The van der Waals surface area contributed by atoms with Gasteiger partial charge in [0.15, 0.2) is 0 Å². The summed E-state index contributed by atoms with van der Waals surface area (Å²) >= 11 is 0. The Bertz CT molecular complexity index is 421. The van der Waals surface area contributed by atoms with E-state index in [-0.39, 0.29) is 5.54 Å². The molecule has 98 valence electrons. The maximum absolute atomic E-state index is 6.13. The molecule has 18 heavy (non-hydrogen) atoms. The van der Waals surface area contributed by atoms with Crippen LogP contribution in [0.4, 0.5) is 5.69 Å². The Morgan fingerprint density at radius 3 is 2.78 bits per heavy atom. The van der Waals surface area contributed by atoms with Gasteiger partial charge in [-0.1, -0.05) is 25.1 Å². The van der Waals surface area contributed by atoms with Gasteiger partial charge < -0.3 is 10.6 Å². The predicted molar refractivity (Wildman–Crippen MR) is 76.9 cm³/mol. The largest absolute Gasteiger partial charge is 0.364 e. The molecule has 2 N–H and O–H groups in total. The highest BCUT2D eigenvalue weighted by atomic mass is 15.2. The van der Waals surface area contributed by atoms with Crippen molar-refractivity contribution in [3.63, 3.8) is 0 Å². The highest BCUT2D eigenvalue weighted by Gasteiger charge is 2.46. The number of para-hydroxylation sites is 1. The van der Waals surface area contributed by atoms with Crippen LogP contribution in [0.3, 0.4) is 0 Å². The molecular weight excluding hydrogens is 220 g/mol. The van der Waals surface area contributed by atoms with Gasteiger partial charge in [0.25, 0.3) is 0 Å². The Hall–Kier alpha value is -1.02. The molecule has 0 unspecified atom stereocenters. The molecule has 0 aromatic heterocycles. The van der Waals surface area contributed by atoms with E-state index in [1.54, 1.807) is 0 Å². The van der Waals surface area contributed by atoms with Crippen molar-refractivity contribution in [2.75, 3.05) is 18.0 Å². The van der Waals surface area contributed by atoms with Gasteiger partial charge in [0.2, 0.25) is 0 Å². The molecule has 0 atom stereocenters. The molecule has 1 saturated carbocycles. The summed E-state index contributed by atoms with van der Waals surface area (Å²) in [5.41, 5.74) is 9.35. The zero-order chi connectivity index (χ0) is 12.6. The van der Waals surface area contributed by atoms with Crippen molar-refractivity contribution in [3.05, 3.63) is 29.8 Å². The zero-order valence-corrected chi connectivity index (χ0v) is 11.4. The molecule has 2 aliphatic rings. The lowest BCUT2D eigenvalue weighted by Gasteiger charge is -2.54. The minimum absolute atomic E-state index is 0.250. The van der Waals surface area contributed by atoms with Gasteiger partial charge in [-0.15, -0.1) is 0 Å². The second kappa shape index (κ2) is 4.58. The lowest BCUT2D eigenvalue weighted by Crippen LogP contribution is -2.62. The quantitative estimate of drug-likeness (QED) is 0.866. The number of nitrogens with zero attached hydrogens (tertiary/aromatic N) is 1. The van der Waals surface area contributed by atoms with Gasteiger partial charge in [-0.2, -0.15) is 0 Å². The summed E-state index contributed by atoms with van der Waals surface area (Å²) in [7, 11) is 0. The van der Waals surface area contributed by atoms with Crippen molar-refractivity contribution in [2.24, 2.45) is 11.7 Å². The number of nitrogens with two attached hydrogens (primary N) is 1. The maximum atomic E-state index is 6.13. The van der Waals surface area contributed by atoms with Crippen molar-refractivity contribution in [1.82, 2.24) is 0 Å². The number of fused-ring (bicyclic) bond motifs is 1. The highest BCUT2D eigenvalue weighted by molar-refractivity contribution is 5.57. The smallest absolute Gasteiger partial charge is 0.0529 e. The molecule has 1 aromatic rings. The Balaban J connectivity index is 1.96. The Morgan fingerprint density at radius 2 is 2.06 bits per heavy atom. The third-order valence-corrected chi connectivity index (χ3v) is 4.77. The van der Waals surface area contributed by atoms with Gasteiger partial charge in [-0.05, 0) is 49.7 Å². The van der Waals surface area contributed by atoms with Crippen LogP contribution in [0.25, 0.3) is 0 Å². The van der Waals surface area contributed by atoms with E-state index in [9.17, 15) is 0 Å². The minimum Gasteiger partial charge on any atom is -0.364 e. The molecule has 1 aliphatic carbocycles. The predicted octanol–water partition coefficient (Wildman–Crippen LogP) is 2.96. The van der Waals surface area contributed by atoms with Crippen molar-refractivity contribution >= 4 is 5.69 Å². The van der Waals surface area contributed by atoms with Gasteiger partial charge in [0.1, 0.15) is 0 Å². The molecule has 1 aromatic carbocycles. The van der Waals surface area contributed by atoms with E-state index in [1.165, 1.54) is 49.9 Å². The fraction of sp³-hybridized carbons (Fsp3) is 0.625.